The molecule has 1 fully saturated rings. The first-order valence-electron chi connectivity index (χ1n) is 7.47. The highest BCUT2D eigenvalue weighted by molar-refractivity contribution is 5.68. The molecule has 0 unspecified atom stereocenters. The zero-order valence-corrected chi connectivity index (χ0v) is 10.4. The van der Waals surface area contributed by atoms with Crippen molar-refractivity contribution in [2.75, 3.05) is 19.6 Å². The van der Waals surface area contributed by atoms with Crippen LogP contribution in [0, 0.1) is 12.3 Å². The second kappa shape index (κ2) is 5.92. The number of nitrogens with zero attached hydrogens (tertiary/aromatic N) is 1. The molecule has 0 saturated carbocycles. The molecule has 0 radical (unpaired) electrons. The Morgan fingerprint density at radius 3 is 2.59 bits per heavy atom. The SMILES string of the molecule is [2H]C1([2H])CC(OCC#C)CC([2H])([2H])N1C(=O)OC(C)(C)C. The summed E-state index contributed by atoms with van der Waals surface area (Å²) in [5.41, 5.74) is -0.833. The summed E-state index contributed by atoms with van der Waals surface area (Å²) >= 11 is 0. The van der Waals surface area contributed by atoms with Gasteiger partial charge in [-0.15, -0.1) is 6.42 Å². The molecule has 4 nitrogen and oxygen atoms in total. The summed E-state index contributed by atoms with van der Waals surface area (Å²) in [6, 6.07) is 0. The third-order valence-electron chi connectivity index (χ3n) is 1.93. The zero-order valence-electron chi connectivity index (χ0n) is 14.4. The number of terminal acetylenes is 1. The van der Waals surface area contributed by atoms with Gasteiger partial charge in [-0.2, -0.15) is 0 Å². The van der Waals surface area contributed by atoms with Gasteiger partial charge in [0.2, 0.25) is 0 Å². The standard InChI is InChI=1S/C13H21NO3/c1-5-10-16-11-6-8-14(9-7-11)12(15)17-13(2,3)4/h1,11H,6-10H2,2-4H3/i8D2,9D2. The van der Waals surface area contributed by atoms with Crippen molar-refractivity contribution in [3.8, 4) is 12.3 Å². The Morgan fingerprint density at radius 1 is 1.53 bits per heavy atom. The van der Waals surface area contributed by atoms with E-state index < -0.39 is 30.8 Å². The maximum absolute atomic E-state index is 12.1. The van der Waals surface area contributed by atoms with E-state index in [4.69, 9.17) is 21.4 Å². The summed E-state index contributed by atoms with van der Waals surface area (Å²) in [4.78, 5) is 12.6. The molecular weight excluding hydrogens is 218 g/mol. The van der Waals surface area contributed by atoms with Crippen molar-refractivity contribution in [3.63, 3.8) is 0 Å². The first kappa shape index (κ1) is 8.82. The van der Waals surface area contributed by atoms with Gasteiger partial charge < -0.3 is 14.4 Å². The minimum Gasteiger partial charge on any atom is -0.444 e. The van der Waals surface area contributed by atoms with Crippen LogP contribution in [0.1, 0.15) is 39.1 Å². The minimum atomic E-state index is -2.22. The van der Waals surface area contributed by atoms with Gasteiger partial charge >= 0.3 is 6.09 Å². The maximum atomic E-state index is 12.1. The Labute approximate surface area is 109 Å². The smallest absolute Gasteiger partial charge is 0.410 e. The molecule has 0 atom stereocenters. The number of carbonyl (C=O) groups excluding carboxylic acids is 1. The predicted molar refractivity (Wildman–Crippen MR) is 65.6 cm³/mol. The lowest BCUT2D eigenvalue weighted by Gasteiger charge is -2.33. The first-order chi connectivity index (χ1) is 9.39. The molecule has 1 amide bonds. The van der Waals surface area contributed by atoms with Gasteiger partial charge in [0, 0.05) is 18.5 Å². The predicted octanol–water partition coefficient (Wildman–Crippen LogP) is 2.04. The molecule has 0 aliphatic carbocycles. The fraction of sp³-hybridized carbons (Fsp3) is 0.769. The van der Waals surface area contributed by atoms with Gasteiger partial charge in [0.25, 0.3) is 0 Å². The summed E-state index contributed by atoms with van der Waals surface area (Å²) in [5, 5.41) is 0. The van der Waals surface area contributed by atoms with E-state index in [1.807, 2.05) is 0 Å². The summed E-state index contributed by atoms with van der Waals surface area (Å²) in [6.45, 7) is 0.451. The van der Waals surface area contributed by atoms with Gasteiger partial charge in [-0.3, -0.25) is 0 Å². The van der Waals surface area contributed by atoms with Crippen molar-refractivity contribution in [2.24, 2.45) is 0 Å². The molecule has 17 heavy (non-hydrogen) atoms. The number of hydrogen-bond donors (Lipinski definition) is 0. The molecule has 1 saturated heterocycles. The Kier molecular flexibility index (Phi) is 3.07. The molecule has 0 aromatic heterocycles. The van der Waals surface area contributed by atoms with Crippen molar-refractivity contribution in [3.05, 3.63) is 0 Å². The fourth-order valence-electron chi connectivity index (χ4n) is 1.23. The fourth-order valence-corrected chi connectivity index (χ4v) is 1.23. The highest BCUT2D eigenvalue weighted by Crippen LogP contribution is 2.17. The topological polar surface area (TPSA) is 38.8 Å². The van der Waals surface area contributed by atoms with Gasteiger partial charge in [0.1, 0.15) is 12.2 Å². The lowest BCUT2D eigenvalue weighted by Crippen LogP contribution is -2.43. The van der Waals surface area contributed by atoms with Crippen molar-refractivity contribution in [2.45, 2.75) is 45.3 Å². The highest BCUT2D eigenvalue weighted by Gasteiger charge is 2.26. The Bertz CT molecular complexity index is 422. The van der Waals surface area contributed by atoms with Gasteiger partial charge in [-0.25, -0.2) is 4.79 Å². The van der Waals surface area contributed by atoms with Crippen molar-refractivity contribution >= 4 is 6.09 Å². The van der Waals surface area contributed by atoms with Crippen LogP contribution in [0.5, 0.6) is 0 Å². The van der Waals surface area contributed by atoms with E-state index in [1.54, 1.807) is 20.8 Å². The van der Waals surface area contributed by atoms with Crippen LogP contribution >= 0.6 is 0 Å². The van der Waals surface area contributed by atoms with Gasteiger partial charge in [0.05, 0.1) is 6.10 Å². The first-order valence-corrected chi connectivity index (χ1v) is 5.47. The van der Waals surface area contributed by atoms with Crippen LogP contribution in [-0.4, -0.2) is 42.3 Å². The molecule has 1 aliphatic rings. The van der Waals surface area contributed by atoms with Crippen molar-refractivity contribution in [1.29, 1.82) is 0 Å². The summed E-state index contributed by atoms with van der Waals surface area (Å²) < 4.78 is 42.2. The number of piperidine rings is 1. The van der Waals surface area contributed by atoms with Crippen LogP contribution in [-0.2, 0) is 9.47 Å². The highest BCUT2D eigenvalue weighted by atomic mass is 16.6. The average molecular weight is 243 g/mol. The number of likely N-dealkylation sites (tertiary alicyclic amines) is 1. The van der Waals surface area contributed by atoms with Crippen LogP contribution in [0.25, 0.3) is 0 Å². The van der Waals surface area contributed by atoms with Crippen LogP contribution in [0.15, 0.2) is 0 Å². The third-order valence-corrected chi connectivity index (χ3v) is 1.93. The van der Waals surface area contributed by atoms with E-state index in [0.29, 0.717) is 4.90 Å². The van der Waals surface area contributed by atoms with Gasteiger partial charge in [-0.05, 0) is 33.6 Å². The molecule has 0 spiro atoms. The number of carbonyl (C=O) groups is 1. The van der Waals surface area contributed by atoms with E-state index in [-0.39, 0.29) is 19.4 Å². The second-order valence-corrected chi connectivity index (χ2v) is 4.68. The van der Waals surface area contributed by atoms with E-state index >= 15 is 0 Å². The molecule has 4 heteroatoms. The lowest BCUT2D eigenvalue weighted by atomic mass is 10.1. The average Bonchev–Trinajstić information content (AvgIpc) is 2.19. The van der Waals surface area contributed by atoms with Crippen molar-refractivity contribution in [1.82, 2.24) is 4.90 Å². The molecule has 0 aromatic carbocycles. The van der Waals surface area contributed by atoms with Crippen molar-refractivity contribution < 1.29 is 19.8 Å². The monoisotopic (exact) mass is 243 g/mol. The van der Waals surface area contributed by atoms with E-state index in [9.17, 15) is 4.79 Å². The quantitative estimate of drug-likeness (QED) is 0.697. The van der Waals surface area contributed by atoms with Crippen LogP contribution < -0.4 is 0 Å². The van der Waals surface area contributed by atoms with Crippen LogP contribution in [0.4, 0.5) is 4.79 Å². The molecule has 1 rings (SSSR count). The number of rotatable bonds is 2. The Hall–Kier alpha value is -1.21. The molecular formula is C13H21NO3. The Morgan fingerprint density at radius 2 is 2.12 bits per heavy atom. The van der Waals surface area contributed by atoms with E-state index in [0.717, 1.165) is 0 Å². The molecule has 1 heterocycles. The number of amides is 1. The normalized spacial score (nSPS) is 27.1. The molecule has 96 valence electrons. The summed E-state index contributed by atoms with van der Waals surface area (Å²) in [5.74, 6) is 2.26. The molecule has 0 N–H and O–H groups in total. The number of hydrogen-bond acceptors (Lipinski definition) is 3. The zero-order chi connectivity index (χ0) is 16.5. The molecule has 1 aliphatic heterocycles. The summed E-state index contributed by atoms with van der Waals surface area (Å²) in [7, 11) is 0. The minimum absolute atomic E-state index is 0.0245. The van der Waals surface area contributed by atoms with Crippen LogP contribution in [0.3, 0.4) is 0 Å². The van der Waals surface area contributed by atoms with Gasteiger partial charge in [-0.1, -0.05) is 5.92 Å². The largest absolute Gasteiger partial charge is 0.444 e. The van der Waals surface area contributed by atoms with E-state index in [1.165, 1.54) is 0 Å². The van der Waals surface area contributed by atoms with E-state index in [2.05, 4.69) is 5.92 Å². The maximum Gasteiger partial charge on any atom is 0.410 e. The summed E-state index contributed by atoms with van der Waals surface area (Å²) in [6.07, 6.45) is 3.05. The molecule has 0 bridgehead atoms. The number of ether oxygens (including phenoxy) is 2. The second-order valence-electron chi connectivity index (χ2n) is 4.68. The Balaban J connectivity index is 2.95. The lowest BCUT2D eigenvalue weighted by molar-refractivity contribution is -0.00373. The molecule has 0 aromatic rings. The third kappa shape index (κ3) is 5.10. The van der Waals surface area contributed by atoms with Gasteiger partial charge in [0.15, 0.2) is 0 Å². The van der Waals surface area contributed by atoms with Crippen LogP contribution in [0.2, 0.25) is 0 Å².